The molecular weight excluding hydrogens is 306 g/mol. The van der Waals surface area contributed by atoms with Crippen molar-refractivity contribution in [1.29, 1.82) is 0 Å². The minimum Gasteiger partial charge on any atom is -0.480 e. The molecule has 0 bridgehead atoms. The molecule has 126 valence electrons. The fourth-order valence-electron chi connectivity index (χ4n) is 2.22. The first-order valence-corrected chi connectivity index (χ1v) is 7.62. The molecule has 0 aliphatic heterocycles. The molecule has 2 aromatic carbocycles. The van der Waals surface area contributed by atoms with E-state index in [1.54, 1.807) is 6.08 Å². The van der Waals surface area contributed by atoms with Gasteiger partial charge in [-0.1, -0.05) is 60.7 Å². The Morgan fingerprint density at radius 1 is 1.17 bits per heavy atom. The summed E-state index contributed by atoms with van der Waals surface area (Å²) in [5.41, 5.74) is 1.76. The number of hydrogen-bond donors (Lipinski definition) is 3. The van der Waals surface area contributed by atoms with Crippen LogP contribution < -0.4 is 5.32 Å². The van der Waals surface area contributed by atoms with Crippen LogP contribution in [0, 0.1) is 0 Å². The maximum absolute atomic E-state index is 11.4. The van der Waals surface area contributed by atoms with Gasteiger partial charge >= 0.3 is 5.97 Å². The standard InChI is InChI=1S/C19H21NO4/c1-19(23,24-13-12-15-8-4-2-5-9-15)20-17(18(21)22)14-16-10-6-3-7-11-16/h2-13,17,20,23H,14H2,1H3,(H,21,22)/b13-12+. The normalized spacial score (nSPS) is 14.9. The van der Waals surface area contributed by atoms with E-state index in [2.05, 4.69) is 5.32 Å². The lowest BCUT2D eigenvalue weighted by molar-refractivity contribution is -0.186. The number of aliphatic carboxylic acids is 1. The zero-order valence-corrected chi connectivity index (χ0v) is 13.4. The minimum atomic E-state index is -1.80. The fourth-order valence-corrected chi connectivity index (χ4v) is 2.22. The maximum atomic E-state index is 11.4. The number of aliphatic hydroxyl groups is 1. The van der Waals surface area contributed by atoms with Crippen LogP contribution in [0.5, 0.6) is 0 Å². The molecule has 0 fully saturated rings. The van der Waals surface area contributed by atoms with Gasteiger partial charge in [0, 0.05) is 6.92 Å². The first-order valence-electron chi connectivity index (χ1n) is 7.62. The Labute approximate surface area is 141 Å². The first-order chi connectivity index (χ1) is 11.5. The molecule has 0 heterocycles. The summed E-state index contributed by atoms with van der Waals surface area (Å²) in [7, 11) is 0. The van der Waals surface area contributed by atoms with Crippen LogP contribution in [0.25, 0.3) is 6.08 Å². The van der Waals surface area contributed by atoms with Crippen molar-refractivity contribution in [1.82, 2.24) is 5.32 Å². The van der Waals surface area contributed by atoms with Gasteiger partial charge in [-0.2, -0.15) is 0 Å². The third-order valence-corrected chi connectivity index (χ3v) is 3.38. The Bertz CT molecular complexity index is 668. The number of ether oxygens (including phenoxy) is 1. The number of nitrogens with one attached hydrogen (secondary N) is 1. The van der Waals surface area contributed by atoms with Crippen LogP contribution in [0.2, 0.25) is 0 Å². The number of carboxylic acids is 1. The number of carboxylic acid groups (broad SMARTS) is 1. The van der Waals surface area contributed by atoms with E-state index in [1.807, 2.05) is 60.7 Å². The Balaban J connectivity index is 1.96. The summed E-state index contributed by atoms with van der Waals surface area (Å²) in [4.78, 5) is 11.4. The van der Waals surface area contributed by atoms with Crippen LogP contribution in [0.4, 0.5) is 0 Å². The Hall–Kier alpha value is -2.63. The number of carbonyl (C=O) groups is 1. The van der Waals surface area contributed by atoms with Gasteiger partial charge in [0.15, 0.2) is 0 Å². The molecule has 24 heavy (non-hydrogen) atoms. The molecule has 5 heteroatoms. The maximum Gasteiger partial charge on any atom is 0.321 e. The lowest BCUT2D eigenvalue weighted by Gasteiger charge is -2.27. The third kappa shape index (κ3) is 5.87. The van der Waals surface area contributed by atoms with E-state index in [0.29, 0.717) is 0 Å². The molecule has 0 saturated heterocycles. The third-order valence-electron chi connectivity index (χ3n) is 3.38. The van der Waals surface area contributed by atoms with Gasteiger partial charge in [-0.3, -0.25) is 4.79 Å². The van der Waals surface area contributed by atoms with Crippen LogP contribution in [0.1, 0.15) is 18.1 Å². The Kier molecular flexibility index (Phi) is 6.12. The fraction of sp³-hybridized carbons (Fsp3) is 0.211. The van der Waals surface area contributed by atoms with Gasteiger partial charge in [0.05, 0.1) is 6.26 Å². The van der Waals surface area contributed by atoms with E-state index in [0.717, 1.165) is 11.1 Å². The molecule has 0 radical (unpaired) electrons. The van der Waals surface area contributed by atoms with Crippen molar-refractivity contribution in [3.8, 4) is 0 Å². The van der Waals surface area contributed by atoms with E-state index < -0.39 is 17.9 Å². The van der Waals surface area contributed by atoms with Gasteiger partial charge in [0.1, 0.15) is 6.04 Å². The summed E-state index contributed by atoms with van der Waals surface area (Å²) < 4.78 is 5.25. The van der Waals surface area contributed by atoms with Crippen LogP contribution in [0.3, 0.4) is 0 Å². The smallest absolute Gasteiger partial charge is 0.321 e. The van der Waals surface area contributed by atoms with Crippen molar-refractivity contribution in [3.05, 3.63) is 78.1 Å². The molecule has 0 saturated carbocycles. The molecule has 0 aliphatic carbocycles. The van der Waals surface area contributed by atoms with E-state index >= 15 is 0 Å². The number of rotatable bonds is 8. The second-order valence-electron chi connectivity index (χ2n) is 5.54. The van der Waals surface area contributed by atoms with E-state index in [-0.39, 0.29) is 6.42 Å². The van der Waals surface area contributed by atoms with Gasteiger partial charge in [-0.25, -0.2) is 5.32 Å². The lowest BCUT2D eigenvalue weighted by Crippen LogP contribution is -2.53. The largest absolute Gasteiger partial charge is 0.480 e. The second-order valence-corrected chi connectivity index (χ2v) is 5.54. The Morgan fingerprint density at radius 2 is 1.75 bits per heavy atom. The Morgan fingerprint density at radius 3 is 2.33 bits per heavy atom. The van der Waals surface area contributed by atoms with Crippen molar-refractivity contribution in [2.75, 3.05) is 0 Å². The average molecular weight is 327 g/mol. The summed E-state index contributed by atoms with van der Waals surface area (Å²) in [6.07, 6.45) is 3.25. The highest BCUT2D eigenvalue weighted by Crippen LogP contribution is 2.10. The van der Waals surface area contributed by atoms with Gasteiger partial charge in [-0.05, 0) is 23.6 Å². The quantitative estimate of drug-likeness (QED) is 0.513. The highest BCUT2D eigenvalue weighted by atomic mass is 16.6. The van der Waals surface area contributed by atoms with Crippen LogP contribution in [0.15, 0.2) is 66.9 Å². The topological polar surface area (TPSA) is 78.8 Å². The van der Waals surface area contributed by atoms with E-state index in [4.69, 9.17) is 4.74 Å². The molecule has 0 amide bonds. The van der Waals surface area contributed by atoms with Crippen LogP contribution in [-0.4, -0.2) is 28.1 Å². The van der Waals surface area contributed by atoms with Gasteiger partial charge in [0.25, 0.3) is 5.91 Å². The van der Waals surface area contributed by atoms with Crippen molar-refractivity contribution in [2.24, 2.45) is 0 Å². The molecule has 2 rings (SSSR count). The first kappa shape index (κ1) is 17.7. The highest BCUT2D eigenvalue weighted by molar-refractivity contribution is 5.74. The lowest BCUT2D eigenvalue weighted by atomic mass is 10.1. The predicted molar refractivity (Wildman–Crippen MR) is 91.9 cm³/mol. The average Bonchev–Trinajstić information content (AvgIpc) is 2.56. The summed E-state index contributed by atoms with van der Waals surface area (Å²) in [5.74, 6) is -2.86. The summed E-state index contributed by atoms with van der Waals surface area (Å²) in [5, 5.41) is 22.2. The number of benzene rings is 2. The zero-order chi connectivity index (χ0) is 17.4. The predicted octanol–water partition coefficient (Wildman–Crippen LogP) is 2.63. The van der Waals surface area contributed by atoms with E-state index in [9.17, 15) is 15.0 Å². The molecule has 0 spiro atoms. The van der Waals surface area contributed by atoms with Crippen molar-refractivity contribution in [2.45, 2.75) is 25.3 Å². The molecule has 2 unspecified atom stereocenters. The molecule has 0 aromatic heterocycles. The second kappa shape index (κ2) is 8.29. The van der Waals surface area contributed by atoms with Gasteiger partial charge in [-0.15, -0.1) is 0 Å². The van der Waals surface area contributed by atoms with Crippen LogP contribution in [-0.2, 0) is 16.0 Å². The summed E-state index contributed by atoms with van der Waals surface area (Å²) in [6, 6.07) is 17.7. The molecule has 0 aliphatic rings. The monoisotopic (exact) mass is 327 g/mol. The van der Waals surface area contributed by atoms with Crippen molar-refractivity contribution in [3.63, 3.8) is 0 Å². The highest BCUT2D eigenvalue weighted by Gasteiger charge is 2.29. The summed E-state index contributed by atoms with van der Waals surface area (Å²) in [6.45, 7) is 1.36. The molecule has 2 atom stereocenters. The molecule has 2 aromatic rings. The zero-order valence-electron chi connectivity index (χ0n) is 13.4. The van der Waals surface area contributed by atoms with Crippen LogP contribution >= 0.6 is 0 Å². The molecule has 3 N–H and O–H groups in total. The van der Waals surface area contributed by atoms with Crippen molar-refractivity contribution < 1.29 is 19.7 Å². The molecular formula is C19H21NO4. The van der Waals surface area contributed by atoms with Crippen molar-refractivity contribution >= 4 is 12.0 Å². The minimum absolute atomic E-state index is 0.234. The molecule has 5 nitrogen and oxygen atoms in total. The SMILES string of the molecule is CC(O)(NC(Cc1ccccc1)C(=O)O)O/C=C/c1ccccc1. The van der Waals surface area contributed by atoms with E-state index in [1.165, 1.54) is 13.2 Å². The number of hydrogen-bond acceptors (Lipinski definition) is 4. The van der Waals surface area contributed by atoms with Gasteiger partial charge < -0.3 is 14.9 Å². The van der Waals surface area contributed by atoms with Gasteiger partial charge in [0.2, 0.25) is 0 Å². The summed E-state index contributed by atoms with van der Waals surface area (Å²) >= 11 is 0.